The van der Waals surface area contributed by atoms with E-state index in [1.165, 1.54) is 12.1 Å². The second kappa shape index (κ2) is 14.4. The fourth-order valence-corrected chi connectivity index (χ4v) is 3.74. The van der Waals surface area contributed by atoms with Crippen LogP contribution in [-0.2, 0) is 27.2 Å². The minimum atomic E-state index is -0.889. The molecule has 0 aliphatic carbocycles. The Morgan fingerprint density at radius 2 is 1.16 bits per heavy atom. The van der Waals surface area contributed by atoms with Gasteiger partial charge in [-0.3, -0.25) is 20.4 Å². The molecule has 3 aromatic carbocycles. The van der Waals surface area contributed by atoms with Gasteiger partial charge in [0.25, 0.3) is 11.8 Å². The molecule has 10 heteroatoms. The molecule has 0 bridgehead atoms. The van der Waals surface area contributed by atoms with Crippen LogP contribution in [-0.4, -0.2) is 41.2 Å². The van der Waals surface area contributed by atoms with Gasteiger partial charge in [0.2, 0.25) is 0 Å². The van der Waals surface area contributed by atoms with E-state index in [0.717, 1.165) is 11.1 Å². The molecule has 3 amide bonds. The molecule has 1 unspecified atom stereocenters. The molecule has 43 heavy (non-hydrogen) atoms. The van der Waals surface area contributed by atoms with Gasteiger partial charge in [-0.25, -0.2) is 9.59 Å². The molecule has 0 aliphatic heterocycles. The van der Waals surface area contributed by atoms with Crippen LogP contribution in [0.1, 0.15) is 73.4 Å². The van der Waals surface area contributed by atoms with Crippen molar-refractivity contribution < 1.29 is 33.4 Å². The average molecular weight is 590 g/mol. The van der Waals surface area contributed by atoms with Crippen molar-refractivity contribution in [2.75, 3.05) is 0 Å². The zero-order valence-electron chi connectivity index (χ0n) is 25.4. The lowest BCUT2D eigenvalue weighted by atomic mass is 10.1. The standard InChI is InChI=1S/C33H39N3O7/c1-32(2,3)42-30(39)27(20-22-10-8-7-9-11-22)41-26-18-16-25(17-19-26)29(38)36-35-28(37)24-14-12-23(13-15-24)21-34-31(40)43-33(4,5)6/h7-19,27H,20-21H2,1-6H3,(H,34,40)(H,35,37)(H,36,38). The summed E-state index contributed by atoms with van der Waals surface area (Å²) in [6.07, 6.45) is -1.11. The molecule has 0 saturated carbocycles. The van der Waals surface area contributed by atoms with E-state index in [1.807, 2.05) is 30.3 Å². The van der Waals surface area contributed by atoms with E-state index in [0.29, 0.717) is 17.7 Å². The molecule has 0 aromatic heterocycles. The maximum absolute atomic E-state index is 12.9. The van der Waals surface area contributed by atoms with Crippen LogP contribution in [0.2, 0.25) is 0 Å². The van der Waals surface area contributed by atoms with Gasteiger partial charge in [0.05, 0.1) is 0 Å². The van der Waals surface area contributed by atoms with Gasteiger partial charge in [-0.2, -0.15) is 0 Å². The van der Waals surface area contributed by atoms with Crippen LogP contribution in [0.5, 0.6) is 5.75 Å². The third kappa shape index (κ3) is 11.5. The second-order valence-electron chi connectivity index (χ2n) is 11.8. The number of esters is 1. The number of carbonyl (C=O) groups is 4. The topological polar surface area (TPSA) is 132 Å². The summed E-state index contributed by atoms with van der Waals surface area (Å²) >= 11 is 0. The Labute approximate surface area is 252 Å². The van der Waals surface area contributed by atoms with Crippen LogP contribution >= 0.6 is 0 Å². The minimum absolute atomic E-state index is 0.234. The Hall–Kier alpha value is -4.86. The molecule has 0 radical (unpaired) electrons. The number of hydrogen-bond acceptors (Lipinski definition) is 7. The highest BCUT2D eigenvalue weighted by molar-refractivity contribution is 5.99. The molecule has 1 atom stereocenters. The monoisotopic (exact) mass is 589 g/mol. The first-order chi connectivity index (χ1) is 20.2. The predicted molar refractivity (Wildman–Crippen MR) is 161 cm³/mol. The van der Waals surface area contributed by atoms with Crippen LogP contribution in [0, 0.1) is 0 Å². The normalized spacial score (nSPS) is 12.0. The molecule has 3 N–H and O–H groups in total. The van der Waals surface area contributed by atoms with Gasteiger partial charge < -0.3 is 19.5 Å². The molecule has 0 saturated heterocycles. The highest BCUT2D eigenvalue weighted by Gasteiger charge is 2.27. The number of alkyl carbamates (subject to hydrolysis) is 1. The lowest BCUT2D eigenvalue weighted by Crippen LogP contribution is -2.41. The van der Waals surface area contributed by atoms with Crippen molar-refractivity contribution in [2.24, 2.45) is 0 Å². The molecule has 3 rings (SSSR count). The van der Waals surface area contributed by atoms with Gasteiger partial charge in [-0.15, -0.1) is 0 Å². The van der Waals surface area contributed by atoms with Crippen LogP contribution < -0.4 is 20.9 Å². The van der Waals surface area contributed by atoms with Crippen molar-refractivity contribution >= 4 is 23.9 Å². The van der Waals surface area contributed by atoms with Gasteiger partial charge >= 0.3 is 12.1 Å². The van der Waals surface area contributed by atoms with Gasteiger partial charge in [0.15, 0.2) is 6.10 Å². The molecule has 0 aliphatic rings. The van der Waals surface area contributed by atoms with Crippen LogP contribution in [0.3, 0.4) is 0 Å². The van der Waals surface area contributed by atoms with Gasteiger partial charge in [-0.05, 0) is 89.1 Å². The van der Waals surface area contributed by atoms with Crippen molar-refractivity contribution in [1.29, 1.82) is 0 Å². The van der Waals surface area contributed by atoms with E-state index in [-0.39, 0.29) is 12.1 Å². The van der Waals surface area contributed by atoms with Crippen LogP contribution in [0.15, 0.2) is 78.9 Å². The Morgan fingerprint density at radius 1 is 0.651 bits per heavy atom. The molecule has 0 spiro atoms. The van der Waals surface area contributed by atoms with E-state index < -0.39 is 41.2 Å². The number of benzene rings is 3. The van der Waals surface area contributed by atoms with Crippen molar-refractivity contribution in [1.82, 2.24) is 16.2 Å². The number of ether oxygens (including phenoxy) is 3. The lowest BCUT2D eigenvalue weighted by Gasteiger charge is -2.24. The van der Waals surface area contributed by atoms with Crippen LogP contribution in [0.4, 0.5) is 4.79 Å². The van der Waals surface area contributed by atoms with E-state index in [9.17, 15) is 19.2 Å². The molecule has 10 nitrogen and oxygen atoms in total. The van der Waals surface area contributed by atoms with Crippen LogP contribution in [0.25, 0.3) is 0 Å². The summed E-state index contributed by atoms with van der Waals surface area (Å²) < 4.78 is 16.7. The van der Waals surface area contributed by atoms with Crippen molar-refractivity contribution in [3.05, 3.63) is 101 Å². The summed E-state index contributed by atoms with van der Waals surface area (Å²) in [5, 5.41) is 2.65. The van der Waals surface area contributed by atoms with Crippen molar-refractivity contribution in [2.45, 2.75) is 71.8 Å². The summed E-state index contributed by atoms with van der Waals surface area (Å²) in [4.78, 5) is 49.8. The minimum Gasteiger partial charge on any atom is -0.478 e. The SMILES string of the molecule is CC(C)(C)OC(=O)NCc1ccc(C(=O)NNC(=O)c2ccc(OC(Cc3ccccc3)C(=O)OC(C)(C)C)cc2)cc1. The van der Waals surface area contributed by atoms with Crippen molar-refractivity contribution in [3.8, 4) is 5.75 Å². The Balaban J connectivity index is 1.54. The quantitative estimate of drug-likeness (QED) is 0.233. The maximum Gasteiger partial charge on any atom is 0.407 e. The number of hydrazine groups is 1. The number of nitrogens with one attached hydrogen (secondary N) is 3. The number of rotatable bonds is 9. The molecular weight excluding hydrogens is 550 g/mol. The Morgan fingerprint density at radius 3 is 1.67 bits per heavy atom. The number of amides is 3. The van der Waals surface area contributed by atoms with E-state index in [4.69, 9.17) is 14.2 Å². The fraction of sp³-hybridized carbons (Fsp3) is 0.333. The maximum atomic E-state index is 12.9. The zero-order valence-corrected chi connectivity index (χ0v) is 25.4. The van der Waals surface area contributed by atoms with Gasteiger partial charge in [0.1, 0.15) is 17.0 Å². The summed E-state index contributed by atoms with van der Waals surface area (Å²) in [5.41, 5.74) is 5.76. The first kappa shape index (κ1) is 32.7. The van der Waals surface area contributed by atoms with Gasteiger partial charge in [-0.1, -0.05) is 42.5 Å². The molecule has 3 aromatic rings. The fourth-order valence-electron chi connectivity index (χ4n) is 3.74. The van der Waals surface area contributed by atoms with E-state index >= 15 is 0 Å². The Bertz CT molecular complexity index is 1390. The highest BCUT2D eigenvalue weighted by Crippen LogP contribution is 2.19. The molecular formula is C33H39N3O7. The molecule has 0 heterocycles. The summed E-state index contributed by atoms with van der Waals surface area (Å²) in [6.45, 7) is 10.9. The summed E-state index contributed by atoms with van der Waals surface area (Å²) in [7, 11) is 0. The number of hydrogen-bond donors (Lipinski definition) is 3. The average Bonchev–Trinajstić information content (AvgIpc) is 2.93. The third-order valence-corrected chi connectivity index (χ3v) is 5.67. The third-order valence-electron chi connectivity index (χ3n) is 5.67. The first-order valence-corrected chi connectivity index (χ1v) is 13.9. The molecule has 0 fully saturated rings. The van der Waals surface area contributed by atoms with E-state index in [2.05, 4.69) is 16.2 Å². The molecule has 228 valence electrons. The summed E-state index contributed by atoms with van der Waals surface area (Å²) in [5.74, 6) is -1.16. The lowest BCUT2D eigenvalue weighted by molar-refractivity contribution is -0.163. The van der Waals surface area contributed by atoms with Crippen molar-refractivity contribution in [3.63, 3.8) is 0 Å². The zero-order chi connectivity index (χ0) is 31.6. The van der Waals surface area contributed by atoms with E-state index in [1.54, 1.807) is 77.9 Å². The largest absolute Gasteiger partial charge is 0.478 e. The first-order valence-electron chi connectivity index (χ1n) is 13.9. The summed E-state index contributed by atoms with van der Waals surface area (Å²) in [6, 6.07) is 22.2. The second-order valence-corrected chi connectivity index (χ2v) is 11.8. The Kier molecular flexibility index (Phi) is 10.9. The predicted octanol–water partition coefficient (Wildman–Crippen LogP) is 5.12. The number of carbonyl (C=O) groups excluding carboxylic acids is 4. The smallest absolute Gasteiger partial charge is 0.407 e. The van der Waals surface area contributed by atoms with Gasteiger partial charge in [0, 0.05) is 24.1 Å². The highest BCUT2D eigenvalue weighted by atomic mass is 16.6.